The number of hydrogen-bond donors (Lipinski definition) is 2. The first-order chi connectivity index (χ1) is 9.11. The van der Waals surface area contributed by atoms with Gasteiger partial charge >= 0.3 is 0 Å². The number of nitrogens with one attached hydrogen (secondary N) is 2. The van der Waals surface area contributed by atoms with Crippen LogP contribution >= 0.6 is 11.6 Å². The molecule has 2 amide bonds. The third-order valence-electron chi connectivity index (χ3n) is 2.90. The molecule has 102 valence electrons. The highest BCUT2D eigenvalue weighted by molar-refractivity contribution is 6.31. The molecule has 0 aromatic heterocycles. The number of piperazine rings is 1. The monoisotopic (exact) mass is 281 g/mol. The van der Waals surface area contributed by atoms with E-state index in [0.717, 1.165) is 5.69 Å². The van der Waals surface area contributed by atoms with Crippen molar-refractivity contribution >= 4 is 29.1 Å². The Kier molecular flexibility index (Phi) is 4.27. The number of carbonyl (C=O) groups excluding carboxylic acids is 2. The molecular weight excluding hydrogens is 266 g/mol. The minimum atomic E-state index is -0.173. The van der Waals surface area contributed by atoms with E-state index in [2.05, 4.69) is 10.6 Å². The van der Waals surface area contributed by atoms with Gasteiger partial charge in [0.1, 0.15) is 0 Å². The Hall–Kier alpha value is -1.75. The average molecular weight is 282 g/mol. The molecule has 0 aliphatic carbocycles. The summed E-state index contributed by atoms with van der Waals surface area (Å²) < 4.78 is 0. The van der Waals surface area contributed by atoms with Crippen LogP contribution in [0.5, 0.6) is 0 Å². The molecule has 1 aliphatic heterocycles. The van der Waals surface area contributed by atoms with Gasteiger partial charge in [0, 0.05) is 30.3 Å². The summed E-state index contributed by atoms with van der Waals surface area (Å²) in [7, 11) is 0. The van der Waals surface area contributed by atoms with E-state index >= 15 is 0 Å². The molecule has 1 fully saturated rings. The summed E-state index contributed by atoms with van der Waals surface area (Å²) in [6.45, 7) is 3.76. The second-order valence-corrected chi connectivity index (χ2v) is 4.73. The molecule has 2 rings (SSSR count). The van der Waals surface area contributed by atoms with Gasteiger partial charge in [-0.3, -0.25) is 9.59 Å². The molecule has 0 atom stereocenters. The molecule has 0 saturated carbocycles. The minimum Gasteiger partial charge on any atom is -0.385 e. The molecule has 2 N–H and O–H groups in total. The Balaban J connectivity index is 2.26. The van der Waals surface area contributed by atoms with Crippen LogP contribution in [0.25, 0.3) is 0 Å². The Bertz CT molecular complexity index is 505. The number of hydrogen-bond acceptors (Lipinski definition) is 3. The van der Waals surface area contributed by atoms with Gasteiger partial charge in [-0.25, -0.2) is 0 Å². The molecule has 19 heavy (non-hydrogen) atoms. The number of halogens is 1. The predicted octanol–water partition coefficient (Wildman–Crippen LogP) is 1.34. The normalized spacial score (nSPS) is 15.1. The smallest absolute Gasteiger partial charge is 0.256 e. The molecule has 6 heteroatoms. The number of anilines is 1. The fourth-order valence-corrected chi connectivity index (χ4v) is 2.19. The van der Waals surface area contributed by atoms with Crippen molar-refractivity contribution in [3.05, 3.63) is 28.8 Å². The zero-order valence-corrected chi connectivity index (χ0v) is 11.5. The van der Waals surface area contributed by atoms with Crippen molar-refractivity contribution in [1.82, 2.24) is 10.2 Å². The molecule has 1 aromatic carbocycles. The van der Waals surface area contributed by atoms with E-state index in [1.54, 1.807) is 18.2 Å². The highest BCUT2D eigenvalue weighted by Gasteiger charge is 2.24. The van der Waals surface area contributed by atoms with E-state index in [0.29, 0.717) is 30.2 Å². The van der Waals surface area contributed by atoms with Crippen LogP contribution in [-0.4, -0.2) is 42.9 Å². The number of nitrogens with zero attached hydrogens (tertiary/aromatic N) is 1. The van der Waals surface area contributed by atoms with Crippen LogP contribution in [0.1, 0.15) is 17.3 Å². The molecule has 1 aliphatic rings. The van der Waals surface area contributed by atoms with Crippen LogP contribution in [-0.2, 0) is 4.79 Å². The van der Waals surface area contributed by atoms with E-state index in [1.807, 2.05) is 6.92 Å². The minimum absolute atomic E-state index is 0.0942. The van der Waals surface area contributed by atoms with Crippen molar-refractivity contribution in [3.8, 4) is 0 Å². The predicted molar refractivity (Wildman–Crippen MR) is 74.5 cm³/mol. The van der Waals surface area contributed by atoms with E-state index in [4.69, 9.17) is 11.6 Å². The Morgan fingerprint density at radius 1 is 1.53 bits per heavy atom. The second-order valence-electron chi connectivity index (χ2n) is 4.30. The molecule has 1 aromatic rings. The van der Waals surface area contributed by atoms with Gasteiger partial charge in [0.25, 0.3) is 5.91 Å². The third-order valence-corrected chi connectivity index (χ3v) is 3.14. The Morgan fingerprint density at radius 3 is 3.00 bits per heavy atom. The van der Waals surface area contributed by atoms with Gasteiger partial charge in [-0.05, 0) is 25.1 Å². The highest BCUT2D eigenvalue weighted by Crippen LogP contribution is 2.22. The summed E-state index contributed by atoms with van der Waals surface area (Å²) in [4.78, 5) is 25.3. The number of carbonyl (C=O) groups is 2. The van der Waals surface area contributed by atoms with Crippen LogP contribution < -0.4 is 10.6 Å². The van der Waals surface area contributed by atoms with Gasteiger partial charge in [0.2, 0.25) is 5.91 Å². The van der Waals surface area contributed by atoms with E-state index in [-0.39, 0.29) is 18.4 Å². The lowest BCUT2D eigenvalue weighted by Crippen LogP contribution is -2.50. The van der Waals surface area contributed by atoms with Crippen LogP contribution in [0.3, 0.4) is 0 Å². The zero-order chi connectivity index (χ0) is 13.8. The maximum absolute atomic E-state index is 12.4. The van der Waals surface area contributed by atoms with Crippen molar-refractivity contribution in [2.45, 2.75) is 6.92 Å². The highest BCUT2D eigenvalue weighted by atomic mass is 35.5. The number of rotatable bonds is 3. The van der Waals surface area contributed by atoms with Gasteiger partial charge in [0.05, 0.1) is 12.1 Å². The average Bonchev–Trinajstić information content (AvgIpc) is 2.40. The number of amides is 2. The summed E-state index contributed by atoms with van der Waals surface area (Å²) >= 11 is 5.95. The first-order valence-electron chi connectivity index (χ1n) is 6.21. The maximum Gasteiger partial charge on any atom is 0.256 e. The SMILES string of the molecule is CCNc1ccc(Cl)cc1C(=O)N1CCNC(=O)C1. The summed E-state index contributed by atoms with van der Waals surface area (Å²) in [6, 6.07) is 5.15. The van der Waals surface area contributed by atoms with Crippen LogP contribution in [0.2, 0.25) is 5.02 Å². The molecule has 0 radical (unpaired) electrons. The molecule has 5 nitrogen and oxygen atoms in total. The van der Waals surface area contributed by atoms with E-state index in [9.17, 15) is 9.59 Å². The quantitative estimate of drug-likeness (QED) is 0.879. The van der Waals surface area contributed by atoms with Crippen LogP contribution in [0.15, 0.2) is 18.2 Å². The Morgan fingerprint density at radius 2 is 2.32 bits per heavy atom. The molecule has 0 unspecified atom stereocenters. The van der Waals surface area contributed by atoms with Gasteiger partial charge in [-0.1, -0.05) is 11.6 Å². The van der Waals surface area contributed by atoms with E-state index in [1.165, 1.54) is 4.90 Å². The molecule has 1 heterocycles. The van der Waals surface area contributed by atoms with Gasteiger partial charge in [0.15, 0.2) is 0 Å². The maximum atomic E-state index is 12.4. The lowest BCUT2D eigenvalue weighted by atomic mass is 10.1. The summed E-state index contributed by atoms with van der Waals surface area (Å²) in [5.41, 5.74) is 1.24. The first kappa shape index (κ1) is 13.7. The Labute approximate surface area is 116 Å². The van der Waals surface area contributed by atoms with Crippen molar-refractivity contribution in [1.29, 1.82) is 0 Å². The van der Waals surface area contributed by atoms with Crippen molar-refractivity contribution in [2.24, 2.45) is 0 Å². The zero-order valence-electron chi connectivity index (χ0n) is 10.7. The fraction of sp³-hybridized carbons (Fsp3) is 0.385. The molecule has 1 saturated heterocycles. The van der Waals surface area contributed by atoms with Gasteiger partial charge in [-0.2, -0.15) is 0 Å². The van der Waals surface area contributed by atoms with Gasteiger partial charge in [-0.15, -0.1) is 0 Å². The lowest BCUT2D eigenvalue weighted by molar-refractivity contribution is -0.123. The third kappa shape index (κ3) is 3.17. The fourth-order valence-electron chi connectivity index (χ4n) is 2.02. The van der Waals surface area contributed by atoms with Crippen LogP contribution in [0, 0.1) is 0 Å². The molecule has 0 spiro atoms. The van der Waals surface area contributed by atoms with Crippen molar-refractivity contribution in [2.75, 3.05) is 31.5 Å². The van der Waals surface area contributed by atoms with E-state index < -0.39 is 0 Å². The van der Waals surface area contributed by atoms with Crippen molar-refractivity contribution in [3.63, 3.8) is 0 Å². The summed E-state index contributed by atoms with van der Waals surface area (Å²) in [5.74, 6) is -0.306. The van der Waals surface area contributed by atoms with Crippen LogP contribution in [0.4, 0.5) is 5.69 Å². The summed E-state index contributed by atoms with van der Waals surface area (Å²) in [6.07, 6.45) is 0. The molecule has 0 bridgehead atoms. The van der Waals surface area contributed by atoms with Gasteiger partial charge < -0.3 is 15.5 Å². The summed E-state index contributed by atoms with van der Waals surface area (Å²) in [5, 5.41) is 6.33. The standard InChI is InChI=1S/C13H16ClN3O2/c1-2-15-11-4-3-9(14)7-10(11)13(19)17-6-5-16-12(18)8-17/h3-4,7,15H,2,5-6,8H2,1H3,(H,16,18). The topological polar surface area (TPSA) is 61.4 Å². The number of benzene rings is 1. The largest absolute Gasteiger partial charge is 0.385 e. The molecular formula is C13H16ClN3O2. The second kappa shape index (κ2) is 5.93. The lowest BCUT2D eigenvalue weighted by Gasteiger charge is -2.27. The first-order valence-corrected chi connectivity index (χ1v) is 6.59. The van der Waals surface area contributed by atoms with Crippen molar-refractivity contribution < 1.29 is 9.59 Å².